The monoisotopic (exact) mass is 1520 g/mol. The van der Waals surface area contributed by atoms with Crippen molar-refractivity contribution in [3.63, 3.8) is 0 Å². The molecule has 16 rings (SSSR count). The van der Waals surface area contributed by atoms with Crippen LogP contribution in [0.3, 0.4) is 0 Å². The Balaban J connectivity index is 0.000000143. The van der Waals surface area contributed by atoms with Gasteiger partial charge in [0.25, 0.3) is 0 Å². The number of aryl methyl sites for hydroxylation is 10. The first-order valence-electron chi connectivity index (χ1n) is 45.4. The Morgan fingerprint density at radius 2 is 0.637 bits per heavy atom. The number of nitrogens with zero attached hydrogens (tertiary/aromatic N) is 8. The van der Waals surface area contributed by atoms with Gasteiger partial charge in [0.15, 0.2) is 47.1 Å². The number of fused-ring (bicyclic) bond motifs is 12. The summed E-state index contributed by atoms with van der Waals surface area (Å²) in [6.07, 6.45) is 14.9. The first-order valence-corrected chi connectivity index (χ1v) is 39.9. The van der Waals surface area contributed by atoms with Gasteiger partial charge >= 0.3 is 0 Å². The van der Waals surface area contributed by atoms with E-state index >= 15 is 0 Å². The zero-order valence-corrected chi connectivity index (χ0v) is 70.3. The van der Waals surface area contributed by atoms with Crippen LogP contribution in [0.4, 0.5) is 0 Å². The van der Waals surface area contributed by atoms with Gasteiger partial charge in [0.2, 0.25) is 45.6 Å². The third-order valence-electron chi connectivity index (χ3n) is 21.9. The first kappa shape index (κ1) is 66.8. The summed E-state index contributed by atoms with van der Waals surface area (Å²) in [5.41, 5.74) is 27.5. The van der Waals surface area contributed by atoms with Gasteiger partial charge in [-0.2, -0.15) is 0 Å². The molecule has 0 saturated carbocycles. The molecule has 0 aliphatic carbocycles. The lowest BCUT2D eigenvalue weighted by atomic mass is 9.90. The zero-order chi connectivity index (χ0) is 90.4. The van der Waals surface area contributed by atoms with Crippen LogP contribution in [0.25, 0.3) is 133 Å². The summed E-state index contributed by atoms with van der Waals surface area (Å²) >= 11 is 0. The van der Waals surface area contributed by atoms with Crippen LogP contribution in [0.5, 0.6) is 0 Å². The molecule has 12 nitrogen and oxygen atoms in total. The number of hydrogen-bond acceptors (Lipinski definition) is 8. The van der Waals surface area contributed by atoms with E-state index in [1.165, 1.54) is 88.9 Å². The van der Waals surface area contributed by atoms with Crippen molar-refractivity contribution in [3.8, 4) is 45.0 Å². The first-order chi connectivity index (χ1) is 58.1. The molecule has 16 aromatic rings. The molecule has 0 amide bonds. The van der Waals surface area contributed by atoms with Gasteiger partial charge in [0, 0.05) is 128 Å². The molecule has 12 heteroatoms. The summed E-state index contributed by atoms with van der Waals surface area (Å²) in [4.78, 5) is 17.9. The lowest BCUT2D eigenvalue weighted by molar-refractivity contribution is -0.661. The number of pyridine rings is 8. The van der Waals surface area contributed by atoms with Gasteiger partial charge in [-0.1, -0.05) is 159 Å². The Bertz CT molecular complexity index is 6760. The summed E-state index contributed by atoms with van der Waals surface area (Å²) in [7, 11) is 7.97. The SMILES string of the molecule is Cc1ccc2c(n1)oc1c(-c3cc(C(C)C)c(CC(C)C)c[n+]3C)c(C)ccc12.Cc1ccc2c(oc3ncccc32)c1-c1cc(C(C)C)c(CC(C)C)c[n+]1C.Cc1ccc2c(oc3ncccc32)c1-c1cc(CC(C)C)c(C(C)C)c[n+]1C.[2H]C([2H])([2H])C([2H])(C)c1cc(-c2c(C)ccc3c2oc2nc(C)ccc23)[n+](C)cc1C([2H])(C([2H])([2H])[2H])C([2H])([2H])[2H]. The largest absolute Gasteiger partial charge is 0.437 e. The Labute approximate surface area is 684 Å². The van der Waals surface area contributed by atoms with Crippen LogP contribution in [-0.4, -0.2) is 19.9 Å². The van der Waals surface area contributed by atoms with Gasteiger partial charge in [-0.15, -0.1) is 0 Å². The highest BCUT2D eigenvalue weighted by Crippen LogP contribution is 2.43. The molecule has 12 aromatic heterocycles. The number of hydrogen-bond donors (Lipinski definition) is 0. The predicted octanol–water partition coefficient (Wildman–Crippen LogP) is 25.0. The Hall–Kier alpha value is -10.7. The highest BCUT2D eigenvalue weighted by Gasteiger charge is 2.30. The summed E-state index contributed by atoms with van der Waals surface area (Å²) in [6.45, 7) is 30.9. The minimum Gasteiger partial charge on any atom is -0.437 e. The zero-order valence-electron chi connectivity index (χ0n) is 81.3. The molecular formula is C101H118N8O4+4. The molecule has 0 bridgehead atoms. The fourth-order valence-electron chi connectivity index (χ4n) is 16.4. The van der Waals surface area contributed by atoms with Gasteiger partial charge in [-0.05, 0) is 201 Å². The molecule has 0 N–H and O–H groups in total. The molecule has 0 aliphatic heterocycles. The number of rotatable bonds is 15. The minimum absolute atomic E-state index is 0.355. The van der Waals surface area contributed by atoms with Crippen molar-refractivity contribution in [2.75, 3.05) is 0 Å². The van der Waals surface area contributed by atoms with E-state index in [0.717, 1.165) is 120 Å². The molecule has 582 valence electrons. The molecule has 1 unspecified atom stereocenters. The molecule has 0 fully saturated rings. The van der Waals surface area contributed by atoms with Gasteiger partial charge in [0.05, 0.1) is 22.3 Å². The fourth-order valence-corrected chi connectivity index (χ4v) is 16.4. The third kappa shape index (κ3) is 16.1. The molecule has 1 atom stereocenters. The van der Waals surface area contributed by atoms with Crippen molar-refractivity contribution in [3.05, 3.63) is 237 Å². The van der Waals surface area contributed by atoms with Crippen LogP contribution in [0.15, 0.2) is 176 Å². The van der Waals surface area contributed by atoms with Crippen LogP contribution in [0.2, 0.25) is 0 Å². The van der Waals surface area contributed by atoms with Crippen LogP contribution < -0.4 is 18.3 Å². The Morgan fingerprint density at radius 1 is 0.327 bits per heavy atom. The quantitative estimate of drug-likeness (QED) is 0.0931. The van der Waals surface area contributed by atoms with E-state index < -0.39 is 37.9 Å². The highest BCUT2D eigenvalue weighted by atomic mass is 16.4. The van der Waals surface area contributed by atoms with Crippen molar-refractivity contribution in [2.24, 2.45) is 45.9 Å². The second-order valence-electron chi connectivity index (χ2n) is 33.4. The predicted molar refractivity (Wildman–Crippen MR) is 467 cm³/mol. The molecule has 0 radical (unpaired) electrons. The molecule has 0 saturated heterocycles. The lowest BCUT2D eigenvalue weighted by Gasteiger charge is -2.16. The van der Waals surface area contributed by atoms with Crippen LogP contribution in [0.1, 0.15) is 233 Å². The molecule has 0 aliphatic rings. The van der Waals surface area contributed by atoms with Crippen LogP contribution in [-0.2, 0) is 47.5 Å². The second-order valence-corrected chi connectivity index (χ2v) is 33.4. The summed E-state index contributed by atoms with van der Waals surface area (Å²) in [5, 5.41) is 8.11. The summed E-state index contributed by atoms with van der Waals surface area (Å²) in [6, 6.07) is 41.2. The van der Waals surface area contributed by atoms with E-state index in [0.29, 0.717) is 69.5 Å². The van der Waals surface area contributed by atoms with Crippen molar-refractivity contribution in [2.45, 2.75) is 201 Å². The lowest BCUT2D eigenvalue weighted by Crippen LogP contribution is -2.32. The Kier molecular flexibility index (Phi) is 19.4. The van der Waals surface area contributed by atoms with Gasteiger partial charge in [-0.3, -0.25) is 0 Å². The van der Waals surface area contributed by atoms with E-state index in [-0.39, 0.29) is 5.56 Å². The minimum atomic E-state index is -3.37. The number of furan rings is 4. The number of benzene rings is 4. The number of aromatic nitrogens is 8. The summed E-state index contributed by atoms with van der Waals surface area (Å²) < 4.78 is 123. The fraction of sp³-hybridized carbons (Fsp3) is 0.366. The van der Waals surface area contributed by atoms with Gasteiger partial charge in [-0.25, -0.2) is 38.2 Å². The normalized spacial score (nSPS) is 14.4. The van der Waals surface area contributed by atoms with E-state index in [9.17, 15) is 0 Å². The third-order valence-corrected chi connectivity index (χ3v) is 21.9. The van der Waals surface area contributed by atoms with Crippen molar-refractivity contribution in [1.29, 1.82) is 0 Å². The van der Waals surface area contributed by atoms with E-state index in [1.807, 2.05) is 57.2 Å². The maximum absolute atomic E-state index is 8.85. The van der Waals surface area contributed by atoms with Crippen LogP contribution in [0, 0.1) is 59.3 Å². The average Bonchev–Trinajstić information content (AvgIpc) is 1.10. The highest BCUT2D eigenvalue weighted by molar-refractivity contribution is 6.12. The van der Waals surface area contributed by atoms with E-state index in [2.05, 4.69) is 256 Å². The topological polar surface area (TPSA) is 120 Å². The van der Waals surface area contributed by atoms with Crippen molar-refractivity contribution < 1.29 is 51.0 Å². The maximum atomic E-state index is 8.85. The second kappa shape index (κ2) is 32.8. The summed E-state index contributed by atoms with van der Waals surface area (Å²) in [5.74, 6) is -2.33. The van der Waals surface area contributed by atoms with Gasteiger partial charge in [0.1, 0.15) is 28.2 Å². The maximum Gasteiger partial charge on any atom is 0.227 e. The average molecular weight is 1520 g/mol. The molecule has 12 heterocycles. The Morgan fingerprint density at radius 3 is 0.991 bits per heavy atom. The van der Waals surface area contributed by atoms with E-state index in [1.54, 1.807) is 19.4 Å². The standard InChI is InChI=1S/C26H31N2O.3C25H29N2O/c1-15(2)12-19-14-28(7)23(13-22(19)16(3)4)24-17(5)8-10-20-21-11-9-18(6)27-26(21)29-25(20)24;1-14(2)20-12-22(27(7)13-21(20)15(3)4)23-16(5)8-10-18-19-11-9-17(6)26-25(19)28-24(18)23;1-15(2)12-18-14-27(6)22(13-21(18)16(3)4)23-17(5)9-10-19-20-8-7-11-26-25(20)28-24(19)23;1-15(2)12-18-13-22(27(6)14-21(18)16(3)4)23-17(5)9-10-19-20-8-7-11-26-25(20)28-24(19)23/h8-11,13-16H,12H2,1-7H3;8-15H,1-7H3;2*7-11,13-16H,12H2,1-6H3/q4*+1/i;1D3,3D3,4D3,14D,15D;;. The smallest absolute Gasteiger partial charge is 0.227 e. The van der Waals surface area contributed by atoms with Crippen LogP contribution >= 0.6 is 0 Å². The van der Waals surface area contributed by atoms with Crippen molar-refractivity contribution >= 4 is 88.3 Å². The van der Waals surface area contributed by atoms with Gasteiger partial charge < -0.3 is 17.7 Å². The molecule has 0 spiro atoms. The molecule has 113 heavy (non-hydrogen) atoms. The van der Waals surface area contributed by atoms with Crippen molar-refractivity contribution in [1.82, 2.24) is 19.9 Å². The molecular weight excluding hydrogens is 1390 g/mol. The van der Waals surface area contributed by atoms with E-state index in [4.69, 9.17) is 32.7 Å². The molecule has 4 aromatic carbocycles.